The van der Waals surface area contributed by atoms with Gasteiger partial charge in [-0.05, 0) is 17.9 Å². The van der Waals surface area contributed by atoms with Crippen LogP contribution in [0.5, 0.6) is 0 Å². The molecule has 1 rings (SSSR count). The van der Waals surface area contributed by atoms with Crippen molar-refractivity contribution in [3.05, 3.63) is 55.1 Å². The van der Waals surface area contributed by atoms with E-state index in [4.69, 9.17) is 9.84 Å². The molecule has 27 heavy (non-hydrogen) atoms. The lowest BCUT2D eigenvalue weighted by atomic mass is 10.1. The maximum absolute atomic E-state index is 10.9. The highest BCUT2D eigenvalue weighted by Gasteiger charge is 2.00. The summed E-state index contributed by atoms with van der Waals surface area (Å²) in [6.07, 6.45) is 7.75. The van der Waals surface area contributed by atoms with E-state index in [-0.39, 0.29) is 5.97 Å². The highest BCUT2D eigenvalue weighted by atomic mass is 32.1. The van der Waals surface area contributed by atoms with Crippen molar-refractivity contribution in [1.29, 1.82) is 0 Å². The van der Waals surface area contributed by atoms with Gasteiger partial charge in [-0.25, -0.2) is 4.79 Å². The number of benzene rings is 1. The van der Waals surface area contributed by atoms with Crippen molar-refractivity contribution in [2.75, 3.05) is 12.4 Å². The van der Waals surface area contributed by atoms with E-state index in [1.807, 2.05) is 36.4 Å². The van der Waals surface area contributed by atoms with Crippen LogP contribution in [-0.4, -0.2) is 29.4 Å². The molecule has 0 heterocycles. The number of carbonyl (C=O) groups is 2. The second-order valence-corrected chi connectivity index (χ2v) is 6.54. The second-order valence-electron chi connectivity index (χ2n) is 6.09. The molecule has 0 aliphatic carbocycles. The normalized spacial score (nSPS) is 9.19. The molecule has 0 spiro atoms. The van der Waals surface area contributed by atoms with Crippen molar-refractivity contribution < 1.29 is 19.4 Å². The average Bonchev–Trinajstić information content (AvgIpc) is 2.66. The zero-order valence-corrected chi connectivity index (χ0v) is 17.5. The van der Waals surface area contributed by atoms with Crippen LogP contribution >= 0.6 is 12.6 Å². The van der Waals surface area contributed by atoms with Crippen molar-refractivity contribution in [2.24, 2.45) is 5.92 Å². The fourth-order valence-electron chi connectivity index (χ4n) is 1.77. The van der Waals surface area contributed by atoms with Gasteiger partial charge in [-0.1, -0.05) is 82.7 Å². The molecule has 5 heteroatoms. The summed E-state index contributed by atoms with van der Waals surface area (Å²) in [5.41, 5.74) is 1.17. The fraction of sp³-hybridized carbons (Fsp3) is 0.455. The Kier molecular flexibility index (Phi) is 20.5. The molecule has 0 amide bonds. The summed E-state index contributed by atoms with van der Waals surface area (Å²) in [4.78, 5) is 20.2. The van der Waals surface area contributed by atoms with Gasteiger partial charge in [0, 0.05) is 11.8 Å². The molecule has 0 atom stereocenters. The van der Waals surface area contributed by atoms with Crippen LogP contribution in [0.2, 0.25) is 0 Å². The lowest BCUT2D eigenvalue weighted by Gasteiger charge is -2.05. The maximum Gasteiger partial charge on any atom is 0.327 e. The highest BCUT2D eigenvalue weighted by molar-refractivity contribution is 7.80. The Morgan fingerprint density at radius 1 is 1.15 bits per heavy atom. The predicted octanol–water partition coefficient (Wildman–Crippen LogP) is 5.65. The maximum atomic E-state index is 10.9. The number of esters is 1. The van der Waals surface area contributed by atoms with E-state index < -0.39 is 5.97 Å². The first kappa shape index (κ1) is 27.2. The molecule has 0 aliphatic heterocycles. The third-order valence-electron chi connectivity index (χ3n) is 3.21. The van der Waals surface area contributed by atoms with Crippen LogP contribution < -0.4 is 0 Å². The largest absolute Gasteiger partial charge is 0.478 e. The summed E-state index contributed by atoms with van der Waals surface area (Å²) in [6.45, 7) is 11.6. The Bertz CT molecular complexity index is 512. The van der Waals surface area contributed by atoms with Crippen LogP contribution in [0.4, 0.5) is 0 Å². The summed E-state index contributed by atoms with van der Waals surface area (Å²) in [5, 5.41) is 7.60. The Morgan fingerprint density at radius 2 is 1.74 bits per heavy atom. The minimum atomic E-state index is -0.981. The van der Waals surface area contributed by atoms with Gasteiger partial charge >= 0.3 is 11.9 Å². The number of rotatable bonds is 10. The molecule has 1 aromatic carbocycles. The van der Waals surface area contributed by atoms with Crippen molar-refractivity contribution in [1.82, 2.24) is 0 Å². The van der Waals surface area contributed by atoms with Crippen LogP contribution in [-0.2, 0) is 14.3 Å². The molecule has 4 nitrogen and oxygen atoms in total. The first-order chi connectivity index (χ1) is 12.9. The summed E-state index contributed by atoms with van der Waals surface area (Å²) < 4.78 is 5.00. The van der Waals surface area contributed by atoms with Gasteiger partial charge < -0.3 is 9.84 Å². The summed E-state index contributed by atoms with van der Waals surface area (Å²) >= 11 is 3.96. The van der Waals surface area contributed by atoms with Gasteiger partial charge in [-0.2, -0.15) is 12.6 Å². The highest BCUT2D eigenvalue weighted by Crippen LogP contribution is 2.08. The topological polar surface area (TPSA) is 63.6 Å². The predicted molar refractivity (Wildman–Crippen MR) is 117 cm³/mol. The number of aliphatic carboxylic acids is 1. The average molecular weight is 395 g/mol. The monoisotopic (exact) mass is 394 g/mol. The standard InChI is InChI=1S/C11H22O2S.C8H8.C3H4O2/c1-10(2)6-4-3-5-8-13-11(12)7-9-14;1-2-8-6-4-3-5-7-8;1-2-3(4)5/h10,14H,3-9H2,1-2H3;2-7H,1H2;2H,1H2,(H,4,5). The van der Waals surface area contributed by atoms with Gasteiger partial charge in [-0.15, -0.1) is 0 Å². The Labute approximate surface area is 169 Å². The van der Waals surface area contributed by atoms with Gasteiger partial charge in [0.15, 0.2) is 0 Å². The van der Waals surface area contributed by atoms with E-state index in [0.29, 0.717) is 18.8 Å². The van der Waals surface area contributed by atoms with Gasteiger partial charge in [0.2, 0.25) is 0 Å². The first-order valence-electron chi connectivity index (χ1n) is 9.16. The molecule has 1 N–H and O–H groups in total. The number of carboxylic acids is 1. The fourth-order valence-corrected chi connectivity index (χ4v) is 1.95. The third-order valence-corrected chi connectivity index (χ3v) is 3.44. The quantitative estimate of drug-likeness (QED) is 0.233. The lowest BCUT2D eigenvalue weighted by molar-refractivity contribution is -0.143. The van der Waals surface area contributed by atoms with Crippen molar-refractivity contribution in [3.8, 4) is 0 Å². The number of carbonyl (C=O) groups excluding carboxylic acids is 1. The first-order valence-corrected chi connectivity index (χ1v) is 9.79. The van der Waals surface area contributed by atoms with Crippen molar-refractivity contribution >= 4 is 30.6 Å². The Hall–Kier alpha value is -2.01. The summed E-state index contributed by atoms with van der Waals surface area (Å²) in [5.74, 6) is 0.252. The second kappa shape index (κ2) is 20.3. The van der Waals surface area contributed by atoms with Crippen molar-refractivity contribution in [2.45, 2.75) is 46.0 Å². The number of hydrogen-bond donors (Lipinski definition) is 2. The molecule has 0 unspecified atom stereocenters. The van der Waals surface area contributed by atoms with Crippen molar-refractivity contribution in [3.63, 3.8) is 0 Å². The van der Waals surface area contributed by atoms with E-state index >= 15 is 0 Å². The number of hydrogen-bond acceptors (Lipinski definition) is 4. The number of carboxylic acid groups (broad SMARTS) is 1. The van der Waals surface area contributed by atoms with Crippen LogP contribution in [0.25, 0.3) is 6.08 Å². The van der Waals surface area contributed by atoms with Crippen LogP contribution in [0.1, 0.15) is 51.5 Å². The molecular formula is C22H34O4S. The SMILES string of the molecule is C=CC(=O)O.C=Cc1ccccc1.CC(C)CCCCCOC(=O)CCS. The van der Waals surface area contributed by atoms with E-state index in [9.17, 15) is 9.59 Å². The minimum absolute atomic E-state index is 0.121. The zero-order chi connectivity index (χ0) is 20.9. The van der Waals surface area contributed by atoms with Gasteiger partial charge in [0.05, 0.1) is 13.0 Å². The number of unbranched alkanes of at least 4 members (excludes halogenated alkanes) is 2. The molecule has 0 aliphatic rings. The molecule has 0 saturated carbocycles. The van der Waals surface area contributed by atoms with E-state index in [0.717, 1.165) is 24.8 Å². The summed E-state index contributed by atoms with van der Waals surface area (Å²) in [7, 11) is 0. The summed E-state index contributed by atoms with van der Waals surface area (Å²) in [6, 6.07) is 10.0. The molecule has 0 fully saturated rings. The van der Waals surface area contributed by atoms with E-state index in [1.54, 1.807) is 0 Å². The molecule has 0 aromatic heterocycles. The molecular weight excluding hydrogens is 360 g/mol. The smallest absolute Gasteiger partial charge is 0.327 e. The minimum Gasteiger partial charge on any atom is -0.478 e. The molecule has 0 saturated heterocycles. The van der Waals surface area contributed by atoms with Gasteiger partial charge in [0.25, 0.3) is 0 Å². The Morgan fingerprint density at radius 3 is 2.15 bits per heavy atom. The van der Waals surface area contributed by atoms with Crippen LogP contribution in [0, 0.1) is 5.92 Å². The lowest BCUT2D eigenvalue weighted by Crippen LogP contribution is -2.06. The molecule has 0 bridgehead atoms. The third kappa shape index (κ3) is 24.0. The zero-order valence-electron chi connectivity index (χ0n) is 16.6. The van der Waals surface area contributed by atoms with Gasteiger partial charge in [0.1, 0.15) is 0 Å². The van der Waals surface area contributed by atoms with Gasteiger partial charge in [-0.3, -0.25) is 4.79 Å². The van der Waals surface area contributed by atoms with Crippen LogP contribution in [0.15, 0.2) is 49.6 Å². The molecule has 1 aromatic rings. The van der Waals surface area contributed by atoms with Crippen LogP contribution in [0.3, 0.4) is 0 Å². The van der Waals surface area contributed by atoms with E-state index in [2.05, 4.69) is 39.6 Å². The Balaban J connectivity index is 0. The molecule has 152 valence electrons. The number of ether oxygens (including phenoxy) is 1. The van der Waals surface area contributed by atoms with E-state index in [1.165, 1.54) is 18.4 Å². The number of thiol groups is 1. The molecule has 0 radical (unpaired) electrons.